The maximum atomic E-state index is 6.34. The average Bonchev–Trinajstić information content (AvgIpc) is 3.54. The van der Waals surface area contributed by atoms with Gasteiger partial charge in [-0.05, 0) is 47.0 Å². The van der Waals surface area contributed by atoms with Crippen LogP contribution in [0.2, 0.25) is 0 Å². The van der Waals surface area contributed by atoms with Gasteiger partial charge in [-0.15, -0.1) is 0 Å². The zero-order valence-electron chi connectivity index (χ0n) is 25.3. The maximum Gasteiger partial charge on any atom is 0.179 e. The van der Waals surface area contributed by atoms with Crippen LogP contribution in [0.25, 0.3) is 89.1 Å². The van der Waals surface area contributed by atoms with Crippen molar-refractivity contribution in [3.63, 3.8) is 0 Å². The Balaban J connectivity index is 1.10. The van der Waals surface area contributed by atoms with Crippen LogP contribution in [0.3, 0.4) is 0 Å². The van der Waals surface area contributed by atoms with E-state index >= 15 is 0 Å². The molecule has 0 unspecified atom stereocenters. The summed E-state index contributed by atoms with van der Waals surface area (Å²) in [6.07, 6.45) is 0. The SMILES string of the molecule is c1ccc(-c2cc(-c3ccc(-c4cccc(-c5cccc6c5oc5ccccc56)c4)cc3)nc(-c3ccc4ccccc4n3)n2)cc1. The lowest BCUT2D eigenvalue weighted by molar-refractivity contribution is 0.670. The van der Waals surface area contributed by atoms with Gasteiger partial charge in [-0.1, -0.05) is 133 Å². The summed E-state index contributed by atoms with van der Waals surface area (Å²) in [4.78, 5) is 14.9. The van der Waals surface area contributed by atoms with E-state index in [4.69, 9.17) is 19.4 Å². The Kier molecular flexibility index (Phi) is 6.43. The van der Waals surface area contributed by atoms with Gasteiger partial charge in [0.25, 0.3) is 0 Å². The average molecular weight is 602 g/mol. The minimum Gasteiger partial charge on any atom is -0.455 e. The van der Waals surface area contributed by atoms with Crippen molar-refractivity contribution in [3.8, 4) is 56.3 Å². The molecule has 0 saturated heterocycles. The number of nitrogens with zero attached hydrogens (tertiary/aromatic N) is 3. The topological polar surface area (TPSA) is 51.8 Å². The van der Waals surface area contributed by atoms with Gasteiger partial charge in [-0.3, -0.25) is 0 Å². The van der Waals surface area contributed by atoms with E-state index in [0.29, 0.717) is 5.82 Å². The Morgan fingerprint density at radius 2 is 1.04 bits per heavy atom. The molecule has 0 radical (unpaired) electrons. The Morgan fingerprint density at radius 3 is 1.91 bits per heavy atom. The number of fused-ring (bicyclic) bond motifs is 4. The second kappa shape index (κ2) is 11.2. The van der Waals surface area contributed by atoms with Gasteiger partial charge in [-0.2, -0.15) is 0 Å². The number of hydrogen-bond acceptors (Lipinski definition) is 4. The van der Waals surface area contributed by atoms with Crippen molar-refractivity contribution in [2.24, 2.45) is 0 Å². The monoisotopic (exact) mass is 601 g/mol. The van der Waals surface area contributed by atoms with Crippen LogP contribution in [0.15, 0.2) is 168 Å². The van der Waals surface area contributed by atoms with E-state index in [0.717, 1.165) is 83.3 Å². The minimum absolute atomic E-state index is 0.601. The summed E-state index contributed by atoms with van der Waals surface area (Å²) < 4.78 is 6.34. The van der Waals surface area contributed by atoms with E-state index in [2.05, 4.69) is 109 Å². The molecule has 0 aliphatic carbocycles. The number of aromatic nitrogens is 3. The van der Waals surface area contributed by atoms with E-state index < -0.39 is 0 Å². The fraction of sp³-hybridized carbons (Fsp3) is 0. The highest BCUT2D eigenvalue weighted by Gasteiger charge is 2.14. The van der Waals surface area contributed by atoms with E-state index in [1.165, 1.54) is 0 Å². The van der Waals surface area contributed by atoms with Crippen molar-refractivity contribution in [1.82, 2.24) is 15.0 Å². The molecule has 4 heteroatoms. The normalized spacial score (nSPS) is 11.4. The summed E-state index contributed by atoms with van der Waals surface area (Å²) in [5, 5.41) is 3.35. The highest BCUT2D eigenvalue weighted by molar-refractivity contribution is 6.09. The lowest BCUT2D eigenvalue weighted by atomic mass is 9.97. The molecule has 0 N–H and O–H groups in total. The van der Waals surface area contributed by atoms with E-state index in [9.17, 15) is 0 Å². The highest BCUT2D eigenvalue weighted by Crippen LogP contribution is 2.37. The van der Waals surface area contributed by atoms with Gasteiger partial charge in [0.15, 0.2) is 5.82 Å². The predicted octanol–water partition coefficient (Wildman–Crippen LogP) is 11.3. The molecule has 0 amide bonds. The Morgan fingerprint density at radius 1 is 0.383 bits per heavy atom. The van der Waals surface area contributed by atoms with Crippen molar-refractivity contribution in [3.05, 3.63) is 164 Å². The third-order valence-corrected chi connectivity index (χ3v) is 8.72. The molecule has 4 nitrogen and oxygen atoms in total. The molecule has 0 spiro atoms. The van der Waals surface area contributed by atoms with Gasteiger partial charge in [0.2, 0.25) is 0 Å². The zero-order chi connectivity index (χ0) is 31.2. The number of rotatable bonds is 5. The first-order chi connectivity index (χ1) is 23.3. The lowest BCUT2D eigenvalue weighted by Crippen LogP contribution is -1.97. The van der Waals surface area contributed by atoms with Crippen LogP contribution in [-0.4, -0.2) is 15.0 Å². The molecule has 3 aromatic heterocycles. The molecule has 47 heavy (non-hydrogen) atoms. The first-order valence-electron chi connectivity index (χ1n) is 15.7. The van der Waals surface area contributed by atoms with Crippen LogP contribution >= 0.6 is 0 Å². The highest BCUT2D eigenvalue weighted by atomic mass is 16.3. The van der Waals surface area contributed by atoms with Crippen LogP contribution in [0.5, 0.6) is 0 Å². The summed E-state index contributed by atoms with van der Waals surface area (Å²) in [5.41, 5.74) is 11.7. The zero-order valence-corrected chi connectivity index (χ0v) is 25.3. The molecule has 0 saturated carbocycles. The summed E-state index contributed by atoms with van der Waals surface area (Å²) in [6, 6.07) is 56.3. The number of benzene rings is 6. The van der Waals surface area contributed by atoms with Crippen molar-refractivity contribution in [2.75, 3.05) is 0 Å². The van der Waals surface area contributed by atoms with Gasteiger partial charge in [0.05, 0.1) is 16.9 Å². The maximum absolute atomic E-state index is 6.34. The Hall–Kier alpha value is -6.39. The molecular weight excluding hydrogens is 574 g/mol. The first kappa shape index (κ1) is 27.0. The summed E-state index contributed by atoms with van der Waals surface area (Å²) in [5.74, 6) is 0.601. The molecule has 6 aromatic carbocycles. The van der Waals surface area contributed by atoms with Gasteiger partial charge >= 0.3 is 0 Å². The number of para-hydroxylation sites is 3. The second-order valence-corrected chi connectivity index (χ2v) is 11.7. The summed E-state index contributed by atoms with van der Waals surface area (Å²) in [6.45, 7) is 0. The number of furan rings is 1. The predicted molar refractivity (Wildman–Crippen MR) is 192 cm³/mol. The van der Waals surface area contributed by atoms with Crippen LogP contribution in [0, 0.1) is 0 Å². The van der Waals surface area contributed by atoms with Gasteiger partial charge < -0.3 is 4.42 Å². The van der Waals surface area contributed by atoms with Crippen LogP contribution < -0.4 is 0 Å². The first-order valence-corrected chi connectivity index (χ1v) is 15.7. The second-order valence-electron chi connectivity index (χ2n) is 11.7. The van der Waals surface area contributed by atoms with E-state index in [-0.39, 0.29) is 0 Å². The molecular formula is C43H27N3O. The van der Waals surface area contributed by atoms with Crippen molar-refractivity contribution >= 4 is 32.8 Å². The molecule has 220 valence electrons. The Labute approximate surface area is 271 Å². The Bertz CT molecular complexity index is 2570. The molecule has 0 aliphatic heterocycles. The smallest absolute Gasteiger partial charge is 0.179 e. The standard InChI is InChI=1S/C43H27N3O/c1-2-10-29(11-3-1)39-27-40(46-43(45-39)38-25-24-30-12-4-6-18-37(30)44-38)31-22-20-28(21-23-31)32-13-8-14-33(26-32)34-16-9-17-36-35-15-5-7-19-41(35)47-42(34)36/h1-27H. The minimum atomic E-state index is 0.601. The quantitative estimate of drug-likeness (QED) is 0.197. The summed E-state index contributed by atoms with van der Waals surface area (Å²) in [7, 11) is 0. The van der Waals surface area contributed by atoms with Gasteiger partial charge in [-0.25, -0.2) is 15.0 Å². The molecule has 0 aliphatic rings. The lowest BCUT2D eigenvalue weighted by Gasteiger charge is -2.11. The third-order valence-electron chi connectivity index (χ3n) is 8.72. The molecule has 0 bridgehead atoms. The van der Waals surface area contributed by atoms with Gasteiger partial charge in [0.1, 0.15) is 16.9 Å². The number of hydrogen-bond donors (Lipinski definition) is 0. The van der Waals surface area contributed by atoms with Crippen LogP contribution in [0.4, 0.5) is 0 Å². The fourth-order valence-corrected chi connectivity index (χ4v) is 6.33. The molecule has 3 heterocycles. The molecule has 0 atom stereocenters. The molecule has 9 aromatic rings. The van der Waals surface area contributed by atoms with E-state index in [1.54, 1.807) is 0 Å². The summed E-state index contributed by atoms with van der Waals surface area (Å²) >= 11 is 0. The van der Waals surface area contributed by atoms with Crippen LogP contribution in [0.1, 0.15) is 0 Å². The largest absolute Gasteiger partial charge is 0.455 e. The molecule has 9 rings (SSSR count). The number of pyridine rings is 1. The third kappa shape index (κ3) is 4.93. The fourth-order valence-electron chi connectivity index (χ4n) is 6.33. The molecule has 0 fully saturated rings. The van der Waals surface area contributed by atoms with Crippen molar-refractivity contribution < 1.29 is 4.42 Å². The van der Waals surface area contributed by atoms with Crippen LogP contribution in [-0.2, 0) is 0 Å². The van der Waals surface area contributed by atoms with E-state index in [1.807, 2.05) is 54.6 Å². The van der Waals surface area contributed by atoms with Crippen molar-refractivity contribution in [2.45, 2.75) is 0 Å². The van der Waals surface area contributed by atoms with Gasteiger partial charge in [0, 0.05) is 32.8 Å². The van der Waals surface area contributed by atoms with Crippen molar-refractivity contribution in [1.29, 1.82) is 0 Å².